The fourth-order valence-electron chi connectivity index (χ4n) is 2.18. The molecule has 0 aliphatic carbocycles. The van der Waals surface area contributed by atoms with E-state index in [-0.39, 0.29) is 11.7 Å². The molecule has 5 nitrogen and oxygen atoms in total. The van der Waals surface area contributed by atoms with E-state index in [4.69, 9.17) is 23.2 Å². The molecule has 0 fully saturated rings. The summed E-state index contributed by atoms with van der Waals surface area (Å²) in [6.07, 6.45) is 3.10. The first-order valence-electron chi connectivity index (χ1n) is 7.85. The van der Waals surface area contributed by atoms with Gasteiger partial charge in [0, 0.05) is 13.0 Å². The minimum absolute atomic E-state index is 0.162. The number of halogens is 2. The molecule has 0 atom stereocenters. The van der Waals surface area contributed by atoms with E-state index in [9.17, 15) is 4.79 Å². The van der Waals surface area contributed by atoms with Crippen LogP contribution in [-0.4, -0.2) is 26.4 Å². The largest absolute Gasteiger partial charge is 0.324 e. The van der Waals surface area contributed by atoms with E-state index in [2.05, 4.69) is 33.9 Å². The SMILES string of the molecule is CCCCc1nnc(SCC(=O)Nc2cccc(Cl)c2Cl)n1CC. The topological polar surface area (TPSA) is 59.8 Å². The van der Waals surface area contributed by atoms with E-state index in [1.807, 2.05) is 0 Å². The molecule has 8 heteroatoms. The first kappa shape index (κ1) is 19.1. The molecule has 1 amide bonds. The Morgan fingerprint density at radius 1 is 1.29 bits per heavy atom. The van der Waals surface area contributed by atoms with Gasteiger partial charge in [-0.25, -0.2) is 0 Å². The molecule has 0 aliphatic heterocycles. The maximum Gasteiger partial charge on any atom is 0.234 e. The molecular weight excluding hydrogens is 367 g/mol. The van der Waals surface area contributed by atoms with Gasteiger partial charge in [-0.1, -0.05) is 54.4 Å². The van der Waals surface area contributed by atoms with Gasteiger partial charge in [0.1, 0.15) is 5.82 Å². The summed E-state index contributed by atoms with van der Waals surface area (Å²) in [6.45, 7) is 4.98. The number of anilines is 1. The molecule has 0 saturated carbocycles. The van der Waals surface area contributed by atoms with Crippen LogP contribution in [0, 0.1) is 0 Å². The zero-order chi connectivity index (χ0) is 17.5. The number of carbonyl (C=O) groups excluding carboxylic acids is 1. The Hall–Kier alpha value is -1.24. The standard InChI is InChI=1S/C16H20Cl2N4OS/c1-3-5-9-13-20-21-16(22(13)4-2)24-10-14(23)19-12-8-6-7-11(17)15(12)18/h6-8H,3-5,9-10H2,1-2H3,(H,19,23). The molecule has 2 rings (SSSR count). The number of hydrogen-bond acceptors (Lipinski definition) is 4. The second-order valence-electron chi connectivity index (χ2n) is 5.18. The molecule has 1 heterocycles. The Morgan fingerprint density at radius 3 is 2.79 bits per heavy atom. The van der Waals surface area contributed by atoms with Crippen LogP contribution >= 0.6 is 35.0 Å². The Balaban J connectivity index is 1.96. The minimum atomic E-state index is -0.162. The smallest absolute Gasteiger partial charge is 0.234 e. The van der Waals surface area contributed by atoms with Crippen molar-refractivity contribution in [1.82, 2.24) is 14.8 Å². The average Bonchev–Trinajstić information content (AvgIpc) is 2.97. The normalized spacial score (nSPS) is 10.8. The first-order chi connectivity index (χ1) is 11.6. The molecule has 0 bridgehead atoms. The minimum Gasteiger partial charge on any atom is -0.324 e. The summed E-state index contributed by atoms with van der Waals surface area (Å²) < 4.78 is 2.06. The van der Waals surface area contributed by atoms with Crippen LogP contribution in [0.4, 0.5) is 5.69 Å². The fourth-order valence-corrected chi connectivity index (χ4v) is 3.35. The molecule has 130 valence electrons. The lowest BCUT2D eigenvalue weighted by atomic mass is 10.2. The van der Waals surface area contributed by atoms with Crippen molar-refractivity contribution < 1.29 is 4.79 Å². The highest BCUT2D eigenvalue weighted by molar-refractivity contribution is 7.99. The predicted molar refractivity (Wildman–Crippen MR) is 100 cm³/mol. The number of unbranched alkanes of at least 4 members (excludes halogenated alkanes) is 1. The molecule has 24 heavy (non-hydrogen) atoms. The molecule has 0 spiro atoms. The van der Waals surface area contributed by atoms with Gasteiger partial charge in [0.25, 0.3) is 0 Å². The first-order valence-corrected chi connectivity index (χ1v) is 9.59. The van der Waals surface area contributed by atoms with Crippen LogP contribution in [0.2, 0.25) is 10.0 Å². The fraction of sp³-hybridized carbons (Fsp3) is 0.438. The predicted octanol–water partition coefficient (Wildman–Crippen LogP) is 4.68. The quantitative estimate of drug-likeness (QED) is 0.669. The van der Waals surface area contributed by atoms with Crippen LogP contribution in [0.25, 0.3) is 0 Å². The zero-order valence-electron chi connectivity index (χ0n) is 13.7. The third kappa shape index (κ3) is 4.88. The Bertz CT molecular complexity index is 705. The number of benzene rings is 1. The number of amides is 1. The average molecular weight is 387 g/mol. The van der Waals surface area contributed by atoms with Gasteiger partial charge in [-0.3, -0.25) is 4.79 Å². The molecule has 0 saturated heterocycles. The number of carbonyl (C=O) groups is 1. The van der Waals surface area contributed by atoms with Crippen LogP contribution in [0.5, 0.6) is 0 Å². The molecule has 0 unspecified atom stereocenters. The van der Waals surface area contributed by atoms with Gasteiger partial charge in [-0.05, 0) is 25.5 Å². The van der Waals surface area contributed by atoms with Gasteiger partial charge in [0.2, 0.25) is 5.91 Å². The third-order valence-corrected chi connectivity index (χ3v) is 5.21. The summed E-state index contributed by atoms with van der Waals surface area (Å²) in [7, 11) is 0. The van der Waals surface area contributed by atoms with E-state index in [0.29, 0.717) is 15.7 Å². The van der Waals surface area contributed by atoms with Gasteiger partial charge in [0.05, 0.1) is 21.5 Å². The van der Waals surface area contributed by atoms with E-state index < -0.39 is 0 Å². The van der Waals surface area contributed by atoms with Crippen molar-refractivity contribution >= 4 is 46.6 Å². The number of thioether (sulfide) groups is 1. The van der Waals surface area contributed by atoms with Crippen molar-refractivity contribution in [1.29, 1.82) is 0 Å². The highest BCUT2D eigenvalue weighted by Crippen LogP contribution is 2.29. The molecule has 1 aromatic heterocycles. The highest BCUT2D eigenvalue weighted by Gasteiger charge is 2.14. The lowest BCUT2D eigenvalue weighted by Gasteiger charge is -2.09. The number of aromatic nitrogens is 3. The second-order valence-corrected chi connectivity index (χ2v) is 6.91. The Morgan fingerprint density at radius 2 is 2.08 bits per heavy atom. The maximum atomic E-state index is 12.1. The van der Waals surface area contributed by atoms with Crippen molar-refractivity contribution in [2.75, 3.05) is 11.1 Å². The van der Waals surface area contributed by atoms with Crippen LogP contribution in [0.3, 0.4) is 0 Å². The number of rotatable bonds is 8. The molecule has 0 radical (unpaired) electrons. The van der Waals surface area contributed by atoms with Crippen molar-refractivity contribution in [3.8, 4) is 0 Å². The molecule has 1 N–H and O–H groups in total. The number of nitrogens with one attached hydrogen (secondary N) is 1. The van der Waals surface area contributed by atoms with Gasteiger partial charge >= 0.3 is 0 Å². The summed E-state index contributed by atoms with van der Waals surface area (Å²) in [5.74, 6) is 1.04. The highest BCUT2D eigenvalue weighted by atomic mass is 35.5. The Kier molecular flexibility index (Phi) is 7.40. The lowest BCUT2D eigenvalue weighted by molar-refractivity contribution is -0.113. The van der Waals surface area contributed by atoms with E-state index in [1.165, 1.54) is 11.8 Å². The third-order valence-electron chi connectivity index (χ3n) is 3.42. The van der Waals surface area contributed by atoms with Gasteiger partial charge in [-0.2, -0.15) is 0 Å². The maximum absolute atomic E-state index is 12.1. The van der Waals surface area contributed by atoms with Crippen LogP contribution in [-0.2, 0) is 17.8 Å². The lowest BCUT2D eigenvalue weighted by Crippen LogP contribution is -2.15. The molecule has 2 aromatic rings. The van der Waals surface area contributed by atoms with Crippen molar-refractivity contribution in [2.45, 2.75) is 44.8 Å². The monoisotopic (exact) mass is 386 g/mol. The second kappa shape index (κ2) is 9.30. The number of hydrogen-bond donors (Lipinski definition) is 1. The van der Waals surface area contributed by atoms with Crippen molar-refractivity contribution in [3.63, 3.8) is 0 Å². The Labute approximate surface area is 156 Å². The van der Waals surface area contributed by atoms with E-state index >= 15 is 0 Å². The van der Waals surface area contributed by atoms with Gasteiger partial charge in [-0.15, -0.1) is 10.2 Å². The number of nitrogens with zero attached hydrogens (tertiary/aromatic N) is 3. The summed E-state index contributed by atoms with van der Waals surface area (Å²) in [5.41, 5.74) is 0.510. The molecule has 0 aliphatic rings. The van der Waals surface area contributed by atoms with Gasteiger partial charge in [0.15, 0.2) is 5.16 Å². The van der Waals surface area contributed by atoms with Crippen LogP contribution < -0.4 is 5.32 Å². The summed E-state index contributed by atoms with van der Waals surface area (Å²) in [4.78, 5) is 12.1. The van der Waals surface area contributed by atoms with Crippen molar-refractivity contribution in [2.24, 2.45) is 0 Å². The zero-order valence-corrected chi connectivity index (χ0v) is 16.0. The summed E-state index contributed by atoms with van der Waals surface area (Å²) >= 11 is 13.4. The van der Waals surface area contributed by atoms with E-state index in [1.54, 1.807) is 18.2 Å². The van der Waals surface area contributed by atoms with Gasteiger partial charge < -0.3 is 9.88 Å². The van der Waals surface area contributed by atoms with Crippen molar-refractivity contribution in [3.05, 3.63) is 34.1 Å². The molecule has 1 aromatic carbocycles. The van der Waals surface area contributed by atoms with Crippen LogP contribution in [0.15, 0.2) is 23.4 Å². The van der Waals surface area contributed by atoms with E-state index in [0.717, 1.165) is 36.8 Å². The summed E-state index contributed by atoms with van der Waals surface area (Å²) in [5, 5.41) is 12.7. The summed E-state index contributed by atoms with van der Waals surface area (Å²) in [6, 6.07) is 5.13. The van der Waals surface area contributed by atoms with Crippen LogP contribution in [0.1, 0.15) is 32.5 Å². The number of aryl methyl sites for hydroxylation is 1. The molecular formula is C16H20Cl2N4OS.